The van der Waals surface area contributed by atoms with Gasteiger partial charge in [0.15, 0.2) is 0 Å². The van der Waals surface area contributed by atoms with Crippen molar-refractivity contribution in [3.05, 3.63) is 12.2 Å². The van der Waals surface area contributed by atoms with Crippen molar-refractivity contribution in [1.29, 1.82) is 0 Å². The number of aliphatic hydroxyl groups is 1. The van der Waals surface area contributed by atoms with Crippen molar-refractivity contribution in [2.24, 2.45) is 5.41 Å². The van der Waals surface area contributed by atoms with Crippen LogP contribution in [0.1, 0.15) is 39.0 Å². The number of ether oxygens (including phenoxy) is 1. The van der Waals surface area contributed by atoms with E-state index in [0.29, 0.717) is 12.2 Å². The molecule has 0 aromatic rings. The lowest BCUT2D eigenvalue weighted by Gasteiger charge is -2.34. The Morgan fingerprint density at radius 3 is 2.47 bits per heavy atom. The van der Waals surface area contributed by atoms with Gasteiger partial charge < -0.3 is 9.84 Å². The highest BCUT2D eigenvalue weighted by atomic mass is 16.5. The van der Waals surface area contributed by atoms with E-state index in [1.165, 1.54) is 6.42 Å². The zero-order valence-corrected chi connectivity index (χ0v) is 9.42. The summed E-state index contributed by atoms with van der Waals surface area (Å²) in [5, 5.41) is 9.38. The topological polar surface area (TPSA) is 46.5 Å². The van der Waals surface area contributed by atoms with Crippen molar-refractivity contribution < 1.29 is 14.6 Å². The molecule has 1 N–H and O–H groups in total. The van der Waals surface area contributed by atoms with E-state index in [1.54, 1.807) is 6.92 Å². The lowest BCUT2D eigenvalue weighted by Crippen LogP contribution is -2.34. The number of hydrogen-bond donors (Lipinski definition) is 1. The van der Waals surface area contributed by atoms with Gasteiger partial charge in [0.2, 0.25) is 0 Å². The second-order valence-electron chi connectivity index (χ2n) is 4.58. The van der Waals surface area contributed by atoms with Crippen LogP contribution in [0.3, 0.4) is 0 Å². The predicted octanol–water partition coefficient (Wildman–Crippen LogP) is 2.05. The number of carbonyl (C=O) groups excluding carboxylic acids is 1. The molecule has 0 aromatic carbocycles. The van der Waals surface area contributed by atoms with E-state index >= 15 is 0 Å². The van der Waals surface area contributed by atoms with Gasteiger partial charge in [-0.3, -0.25) is 0 Å². The van der Waals surface area contributed by atoms with E-state index in [9.17, 15) is 9.90 Å². The molecule has 0 atom stereocenters. The molecule has 0 radical (unpaired) electrons. The highest BCUT2D eigenvalue weighted by molar-refractivity contribution is 5.86. The van der Waals surface area contributed by atoms with Crippen LogP contribution in [0.25, 0.3) is 0 Å². The fraction of sp³-hybridized carbons (Fsp3) is 0.750. The molecule has 0 heterocycles. The van der Waals surface area contributed by atoms with E-state index in [1.807, 2.05) is 0 Å². The van der Waals surface area contributed by atoms with E-state index in [2.05, 4.69) is 6.58 Å². The van der Waals surface area contributed by atoms with Crippen LogP contribution in [0.4, 0.5) is 0 Å². The average molecular weight is 212 g/mol. The molecule has 0 saturated heterocycles. The first-order chi connectivity index (χ1) is 7.09. The monoisotopic (exact) mass is 212 g/mol. The maximum Gasteiger partial charge on any atom is 0.333 e. The summed E-state index contributed by atoms with van der Waals surface area (Å²) in [6.45, 7) is 5.60. The minimum absolute atomic E-state index is 0.108. The maximum atomic E-state index is 11.2. The molecule has 0 amide bonds. The Labute approximate surface area is 91.1 Å². The van der Waals surface area contributed by atoms with Crippen LogP contribution in [0.5, 0.6) is 0 Å². The number of carbonyl (C=O) groups is 1. The van der Waals surface area contributed by atoms with Crippen LogP contribution in [0.15, 0.2) is 12.2 Å². The summed E-state index contributed by atoms with van der Waals surface area (Å²) in [6, 6.07) is 0. The van der Waals surface area contributed by atoms with Gasteiger partial charge in [-0.15, -0.1) is 0 Å². The standard InChI is InChI=1S/C12H20O3/c1-10(2)11(14)15-9-12(8-13)6-4-3-5-7-12/h13H,1,3-9H2,2H3. The molecule has 1 aliphatic carbocycles. The van der Waals surface area contributed by atoms with Crippen LogP contribution >= 0.6 is 0 Å². The van der Waals surface area contributed by atoms with Crippen LogP contribution in [0, 0.1) is 5.41 Å². The second-order valence-corrected chi connectivity index (χ2v) is 4.58. The molecule has 0 spiro atoms. The highest BCUT2D eigenvalue weighted by Crippen LogP contribution is 2.36. The molecule has 1 rings (SSSR count). The fourth-order valence-corrected chi connectivity index (χ4v) is 1.99. The molecule has 1 fully saturated rings. The third-order valence-corrected chi connectivity index (χ3v) is 3.11. The second kappa shape index (κ2) is 5.31. The lowest BCUT2D eigenvalue weighted by atomic mass is 9.75. The molecule has 0 aromatic heterocycles. The predicted molar refractivity (Wildman–Crippen MR) is 58.4 cm³/mol. The quantitative estimate of drug-likeness (QED) is 0.573. The summed E-state index contributed by atoms with van der Waals surface area (Å²) < 4.78 is 5.14. The Hall–Kier alpha value is -0.830. The maximum absolute atomic E-state index is 11.2. The van der Waals surface area contributed by atoms with Crippen molar-refractivity contribution in [2.45, 2.75) is 39.0 Å². The lowest BCUT2D eigenvalue weighted by molar-refractivity contribution is -0.144. The molecule has 15 heavy (non-hydrogen) atoms. The minimum atomic E-state index is -0.353. The van der Waals surface area contributed by atoms with Crippen molar-refractivity contribution in [1.82, 2.24) is 0 Å². The summed E-state index contributed by atoms with van der Waals surface area (Å²) >= 11 is 0. The molecule has 3 heteroatoms. The van der Waals surface area contributed by atoms with Crippen LogP contribution in [0.2, 0.25) is 0 Å². The number of hydrogen-bond acceptors (Lipinski definition) is 3. The van der Waals surface area contributed by atoms with Gasteiger partial charge >= 0.3 is 5.97 Å². The number of rotatable bonds is 4. The molecule has 1 saturated carbocycles. The smallest absolute Gasteiger partial charge is 0.333 e. The van der Waals surface area contributed by atoms with Gasteiger partial charge in [-0.2, -0.15) is 0 Å². The van der Waals surface area contributed by atoms with Gasteiger partial charge in [0, 0.05) is 11.0 Å². The van der Waals surface area contributed by atoms with Gasteiger partial charge in [-0.25, -0.2) is 4.79 Å². The fourth-order valence-electron chi connectivity index (χ4n) is 1.99. The first-order valence-electron chi connectivity index (χ1n) is 5.53. The zero-order valence-electron chi connectivity index (χ0n) is 9.42. The highest BCUT2D eigenvalue weighted by Gasteiger charge is 2.32. The van der Waals surface area contributed by atoms with Gasteiger partial charge in [-0.1, -0.05) is 25.8 Å². The van der Waals surface area contributed by atoms with E-state index < -0.39 is 0 Å². The third-order valence-electron chi connectivity index (χ3n) is 3.11. The van der Waals surface area contributed by atoms with E-state index in [-0.39, 0.29) is 18.0 Å². The molecule has 3 nitrogen and oxygen atoms in total. The molecule has 86 valence electrons. The molecular weight excluding hydrogens is 192 g/mol. The molecule has 0 bridgehead atoms. The van der Waals surface area contributed by atoms with Crippen molar-refractivity contribution in [3.8, 4) is 0 Å². The van der Waals surface area contributed by atoms with Crippen LogP contribution < -0.4 is 0 Å². The van der Waals surface area contributed by atoms with Gasteiger partial charge in [0.25, 0.3) is 0 Å². The van der Waals surface area contributed by atoms with Gasteiger partial charge in [0.05, 0.1) is 13.2 Å². The van der Waals surface area contributed by atoms with Gasteiger partial charge in [-0.05, 0) is 19.8 Å². The number of esters is 1. The molecule has 0 aliphatic heterocycles. The Morgan fingerprint density at radius 1 is 1.40 bits per heavy atom. The molecule has 0 unspecified atom stereocenters. The van der Waals surface area contributed by atoms with Crippen molar-refractivity contribution in [2.75, 3.05) is 13.2 Å². The summed E-state index contributed by atoms with van der Waals surface area (Å²) in [5.41, 5.74) is 0.225. The zero-order chi connectivity index (χ0) is 11.3. The Kier molecular flexibility index (Phi) is 4.33. The Balaban J connectivity index is 2.45. The summed E-state index contributed by atoms with van der Waals surface area (Å²) in [5.74, 6) is -0.353. The number of aliphatic hydroxyl groups excluding tert-OH is 1. The molecular formula is C12H20O3. The summed E-state index contributed by atoms with van der Waals surface area (Å²) in [4.78, 5) is 11.2. The average Bonchev–Trinajstić information content (AvgIpc) is 2.27. The first kappa shape index (κ1) is 12.2. The van der Waals surface area contributed by atoms with E-state index in [0.717, 1.165) is 25.7 Å². The minimum Gasteiger partial charge on any atom is -0.462 e. The summed E-state index contributed by atoms with van der Waals surface area (Å²) in [7, 11) is 0. The SMILES string of the molecule is C=C(C)C(=O)OCC1(CO)CCCCC1. The van der Waals surface area contributed by atoms with Crippen LogP contribution in [-0.2, 0) is 9.53 Å². The Bertz CT molecular complexity index is 239. The normalized spacial score (nSPS) is 19.6. The van der Waals surface area contributed by atoms with Gasteiger partial charge in [0.1, 0.15) is 0 Å². The third kappa shape index (κ3) is 3.34. The van der Waals surface area contributed by atoms with Crippen LogP contribution in [-0.4, -0.2) is 24.3 Å². The largest absolute Gasteiger partial charge is 0.462 e. The molecule has 1 aliphatic rings. The van der Waals surface area contributed by atoms with Crippen molar-refractivity contribution in [3.63, 3.8) is 0 Å². The summed E-state index contributed by atoms with van der Waals surface area (Å²) in [6.07, 6.45) is 5.35. The first-order valence-corrected chi connectivity index (χ1v) is 5.53. The van der Waals surface area contributed by atoms with Crippen molar-refractivity contribution >= 4 is 5.97 Å². The van der Waals surface area contributed by atoms with E-state index in [4.69, 9.17) is 4.74 Å². The Morgan fingerprint density at radius 2 is 2.00 bits per heavy atom.